The third-order valence-corrected chi connectivity index (χ3v) is 8.00. The Morgan fingerprint density at radius 2 is 1.94 bits per heavy atom. The molecule has 3 heterocycles. The number of carbonyl (C=O) groups excluding carboxylic acids is 1. The summed E-state index contributed by atoms with van der Waals surface area (Å²) < 4.78 is 0. The van der Waals surface area contributed by atoms with E-state index in [0.717, 1.165) is 70.5 Å². The van der Waals surface area contributed by atoms with Gasteiger partial charge < -0.3 is 15.5 Å². The van der Waals surface area contributed by atoms with Crippen molar-refractivity contribution in [3.63, 3.8) is 0 Å². The number of unbranched alkanes of at least 4 members (excludes halogenated alkanes) is 1. The van der Waals surface area contributed by atoms with Crippen molar-refractivity contribution in [3.8, 4) is 0 Å². The van der Waals surface area contributed by atoms with Crippen molar-refractivity contribution < 1.29 is 4.79 Å². The first-order chi connectivity index (χ1) is 15.2. The van der Waals surface area contributed by atoms with E-state index in [1.54, 1.807) is 0 Å². The molecule has 3 aliphatic heterocycles. The number of para-hydroxylation sites is 2. The van der Waals surface area contributed by atoms with E-state index >= 15 is 0 Å². The minimum absolute atomic E-state index is 0.246. The van der Waals surface area contributed by atoms with Crippen LogP contribution in [0.25, 0.3) is 0 Å². The summed E-state index contributed by atoms with van der Waals surface area (Å²) in [7, 11) is 0. The monoisotopic (exact) mass is 416 g/mol. The van der Waals surface area contributed by atoms with E-state index in [1.165, 1.54) is 28.9 Å². The molecule has 2 unspecified atom stereocenters. The van der Waals surface area contributed by atoms with E-state index in [-0.39, 0.29) is 11.3 Å². The fourth-order valence-electron chi connectivity index (χ4n) is 6.49. The van der Waals surface area contributed by atoms with Crippen LogP contribution in [0.2, 0.25) is 0 Å². The van der Waals surface area contributed by atoms with E-state index in [2.05, 4.69) is 62.9 Å². The number of nitrogens with one attached hydrogen (secondary N) is 2. The highest BCUT2D eigenvalue weighted by Crippen LogP contribution is 2.49. The standard InChI is InChI=1S/C26H32N4O/c31-25-26(13-6-8-19-7-5-10-22(28-25)24(19)26)12-3-4-14-29-15-16-30-20(18-29)17-27-21-9-1-2-11-23(21)30/h1-2,5,7,9-11,20,27H,3-4,6,8,12-18H2,(H,28,31). The number of fused-ring (bicyclic) bond motifs is 3. The Morgan fingerprint density at radius 1 is 1.03 bits per heavy atom. The second kappa shape index (κ2) is 7.56. The Kier molecular flexibility index (Phi) is 4.67. The van der Waals surface area contributed by atoms with Crippen LogP contribution in [0.4, 0.5) is 17.1 Å². The van der Waals surface area contributed by atoms with Crippen LogP contribution >= 0.6 is 0 Å². The van der Waals surface area contributed by atoms with Crippen molar-refractivity contribution in [2.75, 3.05) is 48.3 Å². The number of carbonyl (C=O) groups is 1. The van der Waals surface area contributed by atoms with Crippen LogP contribution in [0.15, 0.2) is 42.5 Å². The van der Waals surface area contributed by atoms with Crippen LogP contribution in [0.3, 0.4) is 0 Å². The molecule has 0 bridgehead atoms. The summed E-state index contributed by atoms with van der Waals surface area (Å²) in [4.78, 5) is 18.2. The molecular weight excluding hydrogens is 384 g/mol. The molecule has 6 rings (SSSR count). The summed E-state index contributed by atoms with van der Waals surface area (Å²) in [6, 6.07) is 15.6. The Bertz CT molecular complexity index is 1000. The van der Waals surface area contributed by atoms with Crippen LogP contribution in [-0.4, -0.2) is 49.6 Å². The predicted octanol–water partition coefficient (Wildman–Crippen LogP) is 4.00. The lowest BCUT2D eigenvalue weighted by molar-refractivity contribution is -0.121. The van der Waals surface area contributed by atoms with Gasteiger partial charge in [0.2, 0.25) is 5.91 Å². The molecule has 0 aromatic heterocycles. The fourth-order valence-corrected chi connectivity index (χ4v) is 6.49. The van der Waals surface area contributed by atoms with Gasteiger partial charge in [0.1, 0.15) is 0 Å². The molecular formula is C26H32N4O. The Balaban J connectivity index is 1.06. The average molecular weight is 417 g/mol. The summed E-state index contributed by atoms with van der Waals surface area (Å²) >= 11 is 0. The topological polar surface area (TPSA) is 47.6 Å². The quantitative estimate of drug-likeness (QED) is 0.724. The lowest BCUT2D eigenvalue weighted by Gasteiger charge is -2.46. The summed E-state index contributed by atoms with van der Waals surface area (Å²) in [5.41, 5.74) is 6.16. The Hall–Kier alpha value is -2.53. The molecule has 1 saturated heterocycles. The number of benzene rings is 2. The molecule has 2 atom stereocenters. The molecule has 0 radical (unpaired) electrons. The van der Waals surface area contributed by atoms with Crippen molar-refractivity contribution in [2.24, 2.45) is 0 Å². The van der Waals surface area contributed by atoms with Gasteiger partial charge in [0, 0.05) is 31.9 Å². The first-order valence-corrected chi connectivity index (χ1v) is 12.0. The average Bonchev–Trinajstić information content (AvgIpc) is 3.10. The molecule has 2 N–H and O–H groups in total. The molecule has 162 valence electrons. The van der Waals surface area contributed by atoms with E-state index < -0.39 is 0 Å². The maximum Gasteiger partial charge on any atom is 0.235 e. The highest BCUT2D eigenvalue weighted by molar-refractivity contribution is 6.07. The van der Waals surface area contributed by atoms with Gasteiger partial charge >= 0.3 is 0 Å². The van der Waals surface area contributed by atoms with Gasteiger partial charge in [-0.05, 0) is 68.0 Å². The maximum absolute atomic E-state index is 13.0. The normalized spacial score (nSPS) is 26.5. The molecule has 0 saturated carbocycles. The van der Waals surface area contributed by atoms with Gasteiger partial charge in [0.15, 0.2) is 0 Å². The number of rotatable bonds is 5. The summed E-state index contributed by atoms with van der Waals surface area (Å²) in [5, 5.41) is 6.80. The number of piperazine rings is 1. The number of hydrogen-bond donors (Lipinski definition) is 2. The first kappa shape index (κ1) is 19.2. The van der Waals surface area contributed by atoms with E-state index in [9.17, 15) is 4.79 Å². The molecule has 5 heteroatoms. The smallest absolute Gasteiger partial charge is 0.235 e. The predicted molar refractivity (Wildman–Crippen MR) is 126 cm³/mol. The first-order valence-electron chi connectivity index (χ1n) is 12.0. The molecule has 2 aromatic rings. The van der Waals surface area contributed by atoms with Gasteiger partial charge in [0.05, 0.1) is 22.8 Å². The number of nitrogens with zero attached hydrogens (tertiary/aromatic N) is 2. The maximum atomic E-state index is 13.0. The van der Waals surface area contributed by atoms with Crippen molar-refractivity contribution >= 4 is 23.0 Å². The Morgan fingerprint density at radius 3 is 2.90 bits per heavy atom. The van der Waals surface area contributed by atoms with Gasteiger partial charge in [0.25, 0.3) is 0 Å². The highest BCUT2D eigenvalue weighted by Gasteiger charge is 2.48. The van der Waals surface area contributed by atoms with Gasteiger partial charge in [-0.2, -0.15) is 0 Å². The molecule has 1 amide bonds. The summed E-state index contributed by atoms with van der Waals surface area (Å²) in [6.07, 6.45) is 6.52. The van der Waals surface area contributed by atoms with Gasteiger partial charge in [-0.1, -0.05) is 30.7 Å². The molecule has 1 aliphatic carbocycles. The van der Waals surface area contributed by atoms with Crippen molar-refractivity contribution in [2.45, 2.75) is 50.0 Å². The van der Waals surface area contributed by atoms with E-state index in [4.69, 9.17) is 0 Å². The third-order valence-electron chi connectivity index (χ3n) is 8.00. The van der Waals surface area contributed by atoms with Gasteiger partial charge in [-0.25, -0.2) is 0 Å². The van der Waals surface area contributed by atoms with Crippen molar-refractivity contribution in [3.05, 3.63) is 53.6 Å². The SMILES string of the molecule is O=C1Nc2cccc3c2C1(CCCCN1CCN2c4ccccc4NCC2C1)CCC3. The van der Waals surface area contributed by atoms with Crippen LogP contribution in [0, 0.1) is 0 Å². The van der Waals surface area contributed by atoms with Gasteiger partial charge in [-0.15, -0.1) is 0 Å². The largest absolute Gasteiger partial charge is 0.381 e. The lowest BCUT2D eigenvalue weighted by Crippen LogP contribution is -2.57. The minimum Gasteiger partial charge on any atom is -0.381 e. The summed E-state index contributed by atoms with van der Waals surface area (Å²) in [6.45, 7) is 5.52. The van der Waals surface area contributed by atoms with Crippen LogP contribution in [0.1, 0.15) is 43.2 Å². The number of aryl methyl sites for hydroxylation is 1. The molecule has 5 nitrogen and oxygen atoms in total. The minimum atomic E-state index is -0.264. The third kappa shape index (κ3) is 3.13. The number of hydrogen-bond acceptors (Lipinski definition) is 4. The fraction of sp³-hybridized carbons (Fsp3) is 0.500. The molecule has 4 aliphatic rings. The molecule has 2 aromatic carbocycles. The molecule has 0 spiro atoms. The lowest BCUT2D eigenvalue weighted by atomic mass is 9.68. The van der Waals surface area contributed by atoms with Gasteiger partial charge in [-0.3, -0.25) is 9.69 Å². The molecule has 31 heavy (non-hydrogen) atoms. The zero-order valence-electron chi connectivity index (χ0n) is 18.2. The molecule has 1 fully saturated rings. The van der Waals surface area contributed by atoms with Crippen molar-refractivity contribution in [1.82, 2.24) is 4.90 Å². The summed E-state index contributed by atoms with van der Waals surface area (Å²) in [5.74, 6) is 0.246. The second-order valence-corrected chi connectivity index (χ2v) is 9.73. The van der Waals surface area contributed by atoms with Crippen LogP contribution in [-0.2, 0) is 16.6 Å². The van der Waals surface area contributed by atoms with Crippen molar-refractivity contribution in [1.29, 1.82) is 0 Å². The number of amides is 1. The Labute approximate surface area is 184 Å². The van der Waals surface area contributed by atoms with E-state index in [1.807, 2.05) is 0 Å². The second-order valence-electron chi connectivity index (χ2n) is 9.73. The zero-order valence-corrected chi connectivity index (χ0v) is 18.2. The van der Waals surface area contributed by atoms with E-state index in [0.29, 0.717) is 6.04 Å². The van der Waals surface area contributed by atoms with Crippen LogP contribution < -0.4 is 15.5 Å². The highest BCUT2D eigenvalue weighted by atomic mass is 16.2. The van der Waals surface area contributed by atoms with Crippen LogP contribution in [0.5, 0.6) is 0 Å². The number of anilines is 3. The zero-order chi connectivity index (χ0) is 20.8.